The van der Waals surface area contributed by atoms with Gasteiger partial charge in [-0.05, 0) is 25.5 Å². The summed E-state index contributed by atoms with van der Waals surface area (Å²) in [7, 11) is 1.36. The molecule has 150 valence electrons. The average molecular weight is 392 g/mol. The third kappa shape index (κ3) is 5.32. The van der Waals surface area contributed by atoms with E-state index in [0.29, 0.717) is 13.0 Å². The third-order valence-corrected chi connectivity index (χ3v) is 3.72. The van der Waals surface area contributed by atoms with Crippen molar-refractivity contribution < 1.29 is 28.3 Å². The summed E-state index contributed by atoms with van der Waals surface area (Å²) in [6.45, 7) is 2.43. The summed E-state index contributed by atoms with van der Waals surface area (Å²) < 4.78 is 29.2. The molecular formula is C19H21FN2O6. The Bertz CT molecular complexity index is 843. The molecule has 0 aliphatic carbocycles. The number of hydrogen-bond acceptors (Lipinski definition) is 6. The second-order valence-electron chi connectivity index (χ2n) is 5.60. The van der Waals surface area contributed by atoms with Gasteiger partial charge in [-0.25, -0.2) is 4.39 Å². The Kier molecular flexibility index (Phi) is 7.55. The first-order valence-corrected chi connectivity index (χ1v) is 8.62. The highest BCUT2D eigenvalue weighted by Gasteiger charge is 2.24. The number of amides is 1. The summed E-state index contributed by atoms with van der Waals surface area (Å²) in [5, 5.41) is 13.9. The van der Waals surface area contributed by atoms with Crippen LogP contribution in [0.1, 0.15) is 23.7 Å². The maximum atomic E-state index is 13.5. The smallest absolute Gasteiger partial charge is 0.286 e. The standard InChI is InChI=1S/C19H21FN2O6/c1-3-27-18-11-13(15(22(24)25)12-17(18)26-2)19(23)21-9-6-10-28-16-8-5-4-7-14(16)20/h4-5,7-8,11-12H,3,6,9-10H2,1-2H3,(H,21,23). The van der Waals surface area contributed by atoms with E-state index in [1.165, 1.54) is 25.3 Å². The number of ether oxygens (including phenoxy) is 3. The molecule has 2 aromatic carbocycles. The number of hydrogen-bond donors (Lipinski definition) is 1. The number of carbonyl (C=O) groups excluding carboxylic acids is 1. The first-order valence-electron chi connectivity index (χ1n) is 8.62. The number of nitro groups is 1. The minimum absolute atomic E-state index is 0.126. The maximum absolute atomic E-state index is 13.5. The summed E-state index contributed by atoms with van der Waals surface area (Å²) in [4.78, 5) is 23.0. The van der Waals surface area contributed by atoms with Gasteiger partial charge in [0.25, 0.3) is 11.6 Å². The number of nitro benzene ring substituents is 1. The van der Waals surface area contributed by atoms with Crippen molar-refractivity contribution in [2.24, 2.45) is 0 Å². The SMILES string of the molecule is CCOc1cc(C(=O)NCCCOc2ccccc2F)c([N+](=O)[O-])cc1OC. The van der Waals surface area contributed by atoms with E-state index in [9.17, 15) is 19.3 Å². The van der Waals surface area contributed by atoms with Crippen LogP contribution in [0.5, 0.6) is 17.2 Å². The molecule has 0 saturated carbocycles. The molecule has 0 radical (unpaired) electrons. The Balaban J connectivity index is 1.99. The second kappa shape index (κ2) is 10.1. The largest absolute Gasteiger partial charge is 0.493 e. The van der Waals surface area contributed by atoms with Crippen molar-refractivity contribution in [1.82, 2.24) is 5.32 Å². The molecule has 9 heteroatoms. The molecule has 0 aromatic heterocycles. The average Bonchev–Trinajstić information content (AvgIpc) is 2.68. The molecule has 0 atom stereocenters. The van der Waals surface area contributed by atoms with Crippen LogP contribution in [0.4, 0.5) is 10.1 Å². The van der Waals surface area contributed by atoms with Crippen LogP contribution in [-0.4, -0.2) is 37.7 Å². The van der Waals surface area contributed by atoms with Crippen LogP contribution in [0.15, 0.2) is 36.4 Å². The summed E-state index contributed by atoms with van der Waals surface area (Å²) in [5.74, 6) is -0.557. The fourth-order valence-electron chi connectivity index (χ4n) is 2.42. The highest BCUT2D eigenvalue weighted by Crippen LogP contribution is 2.34. The van der Waals surface area contributed by atoms with Crippen molar-refractivity contribution in [3.8, 4) is 17.2 Å². The van der Waals surface area contributed by atoms with E-state index in [0.717, 1.165) is 6.07 Å². The van der Waals surface area contributed by atoms with Gasteiger partial charge in [0, 0.05) is 12.6 Å². The molecule has 2 aromatic rings. The molecule has 0 fully saturated rings. The number of halogens is 1. The number of rotatable bonds is 10. The fourth-order valence-corrected chi connectivity index (χ4v) is 2.42. The predicted octanol–water partition coefficient (Wildman–Crippen LogP) is 3.34. The molecule has 0 aliphatic heterocycles. The highest BCUT2D eigenvalue weighted by molar-refractivity contribution is 5.99. The number of methoxy groups -OCH3 is 1. The first kappa shape index (κ1) is 20.9. The zero-order valence-electron chi connectivity index (χ0n) is 15.6. The van der Waals surface area contributed by atoms with Crippen molar-refractivity contribution in [2.45, 2.75) is 13.3 Å². The Labute approximate surface area is 161 Å². The second-order valence-corrected chi connectivity index (χ2v) is 5.60. The van der Waals surface area contributed by atoms with Gasteiger partial charge in [0.2, 0.25) is 0 Å². The summed E-state index contributed by atoms with van der Waals surface area (Å²) in [6, 6.07) is 8.44. The summed E-state index contributed by atoms with van der Waals surface area (Å²) in [5.41, 5.74) is -0.523. The number of para-hydroxylation sites is 1. The Hall–Kier alpha value is -3.36. The van der Waals surface area contributed by atoms with Gasteiger partial charge in [-0.1, -0.05) is 12.1 Å². The lowest BCUT2D eigenvalue weighted by Gasteiger charge is -2.12. The van der Waals surface area contributed by atoms with Gasteiger partial charge in [-0.15, -0.1) is 0 Å². The van der Waals surface area contributed by atoms with Gasteiger partial charge >= 0.3 is 0 Å². The van der Waals surface area contributed by atoms with Crippen LogP contribution < -0.4 is 19.5 Å². The number of benzene rings is 2. The van der Waals surface area contributed by atoms with Crippen molar-refractivity contribution in [1.29, 1.82) is 0 Å². The van der Waals surface area contributed by atoms with Crippen molar-refractivity contribution in [2.75, 3.05) is 26.9 Å². The molecule has 1 N–H and O–H groups in total. The van der Waals surface area contributed by atoms with Gasteiger partial charge in [0.05, 0.1) is 31.3 Å². The zero-order chi connectivity index (χ0) is 20.5. The molecule has 0 aliphatic rings. The van der Waals surface area contributed by atoms with E-state index in [1.54, 1.807) is 19.1 Å². The van der Waals surface area contributed by atoms with Gasteiger partial charge in [-0.3, -0.25) is 14.9 Å². The molecule has 28 heavy (non-hydrogen) atoms. The van der Waals surface area contributed by atoms with Crippen LogP contribution in [0.2, 0.25) is 0 Å². The van der Waals surface area contributed by atoms with Gasteiger partial charge in [0.15, 0.2) is 23.1 Å². The van der Waals surface area contributed by atoms with Crippen LogP contribution >= 0.6 is 0 Å². The molecule has 0 bridgehead atoms. The van der Waals surface area contributed by atoms with Crippen LogP contribution in [-0.2, 0) is 0 Å². The number of nitrogens with one attached hydrogen (secondary N) is 1. The monoisotopic (exact) mass is 392 g/mol. The number of nitrogens with zero attached hydrogens (tertiary/aromatic N) is 1. The van der Waals surface area contributed by atoms with E-state index >= 15 is 0 Å². The van der Waals surface area contributed by atoms with E-state index in [2.05, 4.69) is 5.32 Å². The fraction of sp³-hybridized carbons (Fsp3) is 0.316. The minimum atomic E-state index is -0.658. The van der Waals surface area contributed by atoms with Gasteiger partial charge in [0.1, 0.15) is 5.56 Å². The van der Waals surface area contributed by atoms with Crippen LogP contribution in [0.3, 0.4) is 0 Å². The Morgan fingerprint density at radius 3 is 2.57 bits per heavy atom. The van der Waals surface area contributed by atoms with E-state index in [-0.39, 0.29) is 41.7 Å². The van der Waals surface area contributed by atoms with Crippen LogP contribution in [0, 0.1) is 15.9 Å². The molecule has 0 unspecified atom stereocenters. The van der Waals surface area contributed by atoms with Crippen molar-refractivity contribution in [3.05, 3.63) is 57.9 Å². The van der Waals surface area contributed by atoms with Crippen molar-refractivity contribution >= 4 is 11.6 Å². The normalized spacial score (nSPS) is 10.2. The topological polar surface area (TPSA) is 99.9 Å². The molecular weight excluding hydrogens is 371 g/mol. The lowest BCUT2D eigenvalue weighted by molar-refractivity contribution is -0.385. The minimum Gasteiger partial charge on any atom is -0.493 e. The van der Waals surface area contributed by atoms with E-state index < -0.39 is 16.6 Å². The molecule has 0 saturated heterocycles. The predicted molar refractivity (Wildman–Crippen MR) is 99.7 cm³/mol. The zero-order valence-corrected chi connectivity index (χ0v) is 15.6. The quantitative estimate of drug-likeness (QED) is 0.378. The van der Waals surface area contributed by atoms with Crippen LogP contribution in [0.25, 0.3) is 0 Å². The highest BCUT2D eigenvalue weighted by atomic mass is 19.1. The van der Waals surface area contributed by atoms with Gasteiger partial charge < -0.3 is 19.5 Å². The lowest BCUT2D eigenvalue weighted by Crippen LogP contribution is -2.26. The molecule has 0 heterocycles. The van der Waals surface area contributed by atoms with E-state index in [4.69, 9.17) is 14.2 Å². The maximum Gasteiger partial charge on any atom is 0.286 e. The first-order chi connectivity index (χ1) is 13.5. The number of carbonyl (C=O) groups is 1. The summed E-state index contributed by atoms with van der Waals surface area (Å²) >= 11 is 0. The molecule has 1 amide bonds. The van der Waals surface area contributed by atoms with Crippen molar-refractivity contribution in [3.63, 3.8) is 0 Å². The lowest BCUT2D eigenvalue weighted by atomic mass is 10.1. The third-order valence-electron chi connectivity index (χ3n) is 3.72. The molecule has 0 spiro atoms. The van der Waals surface area contributed by atoms with E-state index in [1.807, 2.05) is 0 Å². The van der Waals surface area contributed by atoms with Gasteiger partial charge in [-0.2, -0.15) is 0 Å². The molecule has 8 nitrogen and oxygen atoms in total. The summed E-state index contributed by atoms with van der Waals surface area (Å²) in [6.07, 6.45) is 0.391. The Morgan fingerprint density at radius 2 is 1.93 bits per heavy atom. The Morgan fingerprint density at radius 1 is 1.18 bits per heavy atom. The molecule has 2 rings (SSSR count).